The Hall–Kier alpha value is -1.72. The number of benzene rings is 1. The van der Waals surface area contributed by atoms with Gasteiger partial charge in [-0.2, -0.15) is 0 Å². The van der Waals surface area contributed by atoms with Gasteiger partial charge < -0.3 is 5.32 Å². The lowest BCUT2D eigenvalue weighted by Crippen LogP contribution is -2.26. The zero-order valence-electron chi connectivity index (χ0n) is 10.2. The van der Waals surface area contributed by atoms with Crippen molar-refractivity contribution in [1.82, 2.24) is 0 Å². The Bertz CT molecular complexity index is 512. The van der Waals surface area contributed by atoms with Crippen LogP contribution in [-0.2, 0) is 0 Å². The normalized spacial score (nSPS) is 28.6. The molecule has 0 aliphatic heterocycles. The molecule has 3 rings (SSSR count). The molecule has 1 aromatic carbocycles. The van der Waals surface area contributed by atoms with E-state index >= 15 is 0 Å². The number of anilines is 1. The van der Waals surface area contributed by atoms with Crippen molar-refractivity contribution >= 4 is 11.4 Å². The average molecular weight is 268 g/mol. The molecule has 3 atom stereocenters. The van der Waals surface area contributed by atoms with Crippen molar-refractivity contribution < 1.29 is 13.7 Å². The lowest BCUT2D eigenvalue weighted by Gasteiger charge is -2.24. The molecule has 2 saturated carbocycles. The topological polar surface area (TPSA) is 55.2 Å². The number of fused-ring (bicyclic) bond motifs is 2. The second-order valence-corrected chi connectivity index (χ2v) is 5.47. The van der Waals surface area contributed by atoms with Crippen LogP contribution in [0.1, 0.15) is 25.7 Å². The van der Waals surface area contributed by atoms with Gasteiger partial charge in [-0.05, 0) is 31.1 Å². The van der Waals surface area contributed by atoms with Crippen molar-refractivity contribution in [2.75, 3.05) is 5.32 Å². The van der Waals surface area contributed by atoms with Crippen LogP contribution in [0.5, 0.6) is 0 Å². The number of nitrogens with zero attached hydrogens (tertiary/aromatic N) is 1. The van der Waals surface area contributed by atoms with E-state index in [2.05, 4.69) is 5.32 Å². The van der Waals surface area contributed by atoms with E-state index in [1.807, 2.05) is 0 Å². The molecule has 0 saturated heterocycles. The maximum absolute atomic E-state index is 13.8. The summed E-state index contributed by atoms with van der Waals surface area (Å²) in [5, 5.41) is 13.4. The Labute approximate surface area is 109 Å². The molecule has 0 spiro atoms. The van der Waals surface area contributed by atoms with Crippen LogP contribution in [0.3, 0.4) is 0 Å². The third kappa shape index (κ3) is 2.15. The van der Waals surface area contributed by atoms with Crippen LogP contribution in [0.25, 0.3) is 0 Å². The lowest BCUT2D eigenvalue weighted by molar-refractivity contribution is -0.385. The van der Waals surface area contributed by atoms with Crippen LogP contribution < -0.4 is 5.32 Å². The summed E-state index contributed by atoms with van der Waals surface area (Å²) < 4.78 is 27.5. The van der Waals surface area contributed by atoms with Crippen molar-refractivity contribution in [1.29, 1.82) is 0 Å². The first-order valence-electron chi connectivity index (χ1n) is 6.44. The summed E-state index contributed by atoms with van der Waals surface area (Å²) in [6.45, 7) is 0. The first-order chi connectivity index (χ1) is 9.04. The van der Waals surface area contributed by atoms with E-state index in [1.165, 1.54) is 6.42 Å². The number of nitro groups is 1. The van der Waals surface area contributed by atoms with Crippen molar-refractivity contribution in [2.45, 2.75) is 31.7 Å². The monoisotopic (exact) mass is 268 g/mol. The van der Waals surface area contributed by atoms with Crippen LogP contribution in [0.4, 0.5) is 20.2 Å². The summed E-state index contributed by atoms with van der Waals surface area (Å²) in [4.78, 5) is 9.72. The van der Waals surface area contributed by atoms with Gasteiger partial charge in [0.2, 0.25) is 0 Å². The Morgan fingerprint density at radius 3 is 2.37 bits per heavy atom. The molecule has 0 aromatic heterocycles. The number of hydrogen-bond acceptors (Lipinski definition) is 3. The molecule has 2 aliphatic rings. The molecular formula is C13H14F2N2O2. The highest BCUT2D eigenvalue weighted by molar-refractivity contribution is 5.52. The molecule has 0 heterocycles. The molecule has 2 fully saturated rings. The first kappa shape index (κ1) is 12.3. The number of hydrogen-bond donors (Lipinski definition) is 1. The number of halogens is 2. The molecule has 2 aliphatic carbocycles. The first-order valence-corrected chi connectivity index (χ1v) is 6.44. The Kier molecular flexibility index (Phi) is 2.88. The highest BCUT2D eigenvalue weighted by Gasteiger charge is 2.40. The van der Waals surface area contributed by atoms with Gasteiger partial charge in [0.1, 0.15) is 5.69 Å². The van der Waals surface area contributed by atoms with Crippen LogP contribution in [0, 0.1) is 33.6 Å². The van der Waals surface area contributed by atoms with Crippen LogP contribution in [0.2, 0.25) is 0 Å². The second kappa shape index (κ2) is 4.43. The number of non-ortho nitro benzene ring substituents is 1. The Morgan fingerprint density at radius 1 is 1.21 bits per heavy atom. The Balaban J connectivity index is 1.83. The summed E-state index contributed by atoms with van der Waals surface area (Å²) in [6, 6.07) is 1.61. The molecule has 1 aromatic rings. The van der Waals surface area contributed by atoms with Gasteiger partial charge in [-0.3, -0.25) is 10.1 Å². The fraction of sp³-hybridized carbons (Fsp3) is 0.538. The number of nitrogens with one attached hydrogen (secondary N) is 1. The molecule has 0 radical (unpaired) electrons. The number of rotatable bonds is 3. The van der Waals surface area contributed by atoms with Gasteiger partial charge in [-0.15, -0.1) is 0 Å². The summed E-state index contributed by atoms with van der Waals surface area (Å²) in [5.74, 6) is -0.658. The van der Waals surface area contributed by atoms with Gasteiger partial charge in [-0.25, -0.2) is 8.78 Å². The maximum Gasteiger partial charge on any atom is 0.275 e. The Morgan fingerprint density at radius 2 is 1.89 bits per heavy atom. The zero-order valence-corrected chi connectivity index (χ0v) is 10.2. The summed E-state index contributed by atoms with van der Waals surface area (Å²) in [5.41, 5.74) is -0.795. The zero-order chi connectivity index (χ0) is 13.6. The van der Waals surface area contributed by atoms with Crippen molar-refractivity contribution in [3.63, 3.8) is 0 Å². The average Bonchev–Trinajstić information content (AvgIpc) is 2.95. The maximum atomic E-state index is 13.8. The second-order valence-electron chi connectivity index (χ2n) is 5.47. The smallest absolute Gasteiger partial charge is 0.275 e. The molecule has 3 unspecified atom stereocenters. The molecule has 102 valence electrons. The van der Waals surface area contributed by atoms with E-state index in [4.69, 9.17) is 0 Å². The van der Waals surface area contributed by atoms with E-state index in [1.54, 1.807) is 0 Å². The van der Waals surface area contributed by atoms with Gasteiger partial charge in [-0.1, -0.05) is 6.42 Å². The van der Waals surface area contributed by atoms with E-state index in [0.29, 0.717) is 11.8 Å². The van der Waals surface area contributed by atoms with Crippen molar-refractivity contribution in [2.24, 2.45) is 11.8 Å². The fourth-order valence-corrected chi connectivity index (χ4v) is 3.41. The fourth-order valence-electron chi connectivity index (χ4n) is 3.41. The lowest BCUT2D eigenvalue weighted by atomic mass is 9.95. The van der Waals surface area contributed by atoms with E-state index in [-0.39, 0.29) is 11.7 Å². The number of nitro benzene ring substituents is 1. The molecule has 1 N–H and O–H groups in total. The van der Waals surface area contributed by atoms with E-state index in [0.717, 1.165) is 31.4 Å². The third-order valence-corrected chi connectivity index (χ3v) is 4.31. The minimum Gasteiger partial charge on any atom is -0.377 e. The molecular weight excluding hydrogens is 254 g/mol. The third-order valence-electron chi connectivity index (χ3n) is 4.31. The van der Waals surface area contributed by atoms with Crippen molar-refractivity contribution in [3.8, 4) is 0 Å². The van der Waals surface area contributed by atoms with Gasteiger partial charge in [0.25, 0.3) is 5.69 Å². The molecule has 4 nitrogen and oxygen atoms in total. The minimum atomic E-state index is -0.894. The molecule has 6 heteroatoms. The largest absolute Gasteiger partial charge is 0.377 e. The quantitative estimate of drug-likeness (QED) is 0.674. The summed E-state index contributed by atoms with van der Waals surface area (Å²) in [6.07, 6.45) is 4.35. The van der Waals surface area contributed by atoms with Crippen molar-refractivity contribution in [3.05, 3.63) is 33.9 Å². The molecule has 2 bridgehead atoms. The molecule has 0 amide bonds. The van der Waals surface area contributed by atoms with Gasteiger partial charge in [0.05, 0.1) is 17.1 Å². The summed E-state index contributed by atoms with van der Waals surface area (Å²) in [7, 11) is 0. The predicted molar refractivity (Wildman–Crippen MR) is 65.9 cm³/mol. The summed E-state index contributed by atoms with van der Waals surface area (Å²) >= 11 is 0. The van der Waals surface area contributed by atoms with Gasteiger partial charge in [0.15, 0.2) is 11.6 Å². The van der Waals surface area contributed by atoms with Crippen LogP contribution in [-0.4, -0.2) is 11.0 Å². The standard InChI is InChI=1S/C13H14F2N2O2/c14-10-5-9(17(18)19)6-11(15)13(10)16-12-4-7-1-2-8(12)3-7/h5-8,12,16H,1-4H2. The minimum absolute atomic E-state index is 0.0872. The van der Waals surface area contributed by atoms with Gasteiger partial charge >= 0.3 is 0 Å². The van der Waals surface area contributed by atoms with Crippen LogP contribution in [0.15, 0.2) is 12.1 Å². The highest BCUT2D eigenvalue weighted by Crippen LogP contribution is 2.46. The highest BCUT2D eigenvalue weighted by atomic mass is 19.1. The van der Waals surface area contributed by atoms with Crippen LogP contribution >= 0.6 is 0 Å². The van der Waals surface area contributed by atoms with E-state index in [9.17, 15) is 18.9 Å². The van der Waals surface area contributed by atoms with E-state index < -0.39 is 22.2 Å². The SMILES string of the molecule is O=[N+]([O-])c1cc(F)c(NC2CC3CCC2C3)c(F)c1. The van der Waals surface area contributed by atoms with Gasteiger partial charge in [0, 0.05) is 6.04 Å². The molecule has 19 heavy (non-hydrogen) atoms. The predicted octanol–water partition coefficient (Wildman–Crippen LogP) is 3.47.